The summed E-state index contributed by atoms with van der Waals surface area (Å²) in [6, 6.07) is 16.3. The quantitative estimate of drug-likeness (QED) is 0.474. The molecular weight excluding hydrogens is 402 g/mol. The molecule has 0 aliphatic heterocycles. The van der Waals surface area contributed by atoms with Crippen LogP contribution < -0.4 is 5.32 Å². The number of phenols is 1. The predicted molar refractivity (Wildman–Crippen MR) is 124 cm³/mol. The number of hydrogen-bond donors (Lipinski definition) is 2. The first-order chi connectivity index (χ1) is 15.3. The smallest absolute Gasteiger partial charge is 0.255 e. The Labute approximate surface area is 188 Å². The molecule has 1 unspecified atom stereocenters. The summed E-state index contributed by atoms with van der Waals surface area (Å²) in [4.78, 5) is 38.2. The van der Waals surface area contributed by atoms with Crippen molar-refractivity contribution in [2.75, 3.05) is 6.54 Å². The third-order valence-electron chi connectivity index (χ3n) is 6.13. The highest BCUT2D eigenvalue weighted by Gasteiger charge is 2.32. The maximum Gasteiger partial charge on any atom is 0.255 e. The monoisotopic (exact) mass is 431 g/mol. The van der Waals surface area contributed by atoms with Crippen LogP contribution in [0.15, 0.2) is 76.9 Å². The Morgan fingerprint density at radius 2 is 1.50 bits per heavy atom. The fourth-order valence-corrected chi connectivity index (χ4v) is 4.17. The normalized spacial score (nSPS) is 15.2. The van der Waals surface area contributed by atoms with Gasteiger partial charge < -0.3 is 10.4 Å². The van der Waals surface area contributed by atoms with Crippen LogP contribution in [0.25, 0.3) is 0 Å². The van der Waals surface area contributed by atoms with Crippen LogP contribution in [0.3, 0.4) is 0 Å². The molecule has 1 aliphatic rings. The zero-order valence-corrected chi connectivity index (χ0v) is 18.8. The molecule has 0 radical (unpaired) electrons. The van der Waals surface area contributed by atoms with Gasteiger partial charge in [-0.15, -0.1) is 0 Å². The SMILES string of the molecule is CC1=C(C)C(=O)C(C(CCCNC(=O)c2ccccc2O)Cc2ccccc2)=C(C)C1=O. The number of carbonyl (C=O) groups excluding carboxylic acids is 3. The lowest BCUT2D eigenvalue weighted by atomic mass is 9.76. The lowest BCUT2D eigenvalue weighted by Gasteiger charge is -2.26. The molecule has 0 aromatic heterocycles. The van der Waals surface area contributed by atoms with E-state index in [2.05, 4.69) is 5.32 Å². The summed E-state index contributed by atoms with van der Waals surface area (Å²) in [5, 5.41) is 12.7. The van der Waals surface area contributed by atoms with Gasteiger partial charge in [0.25, 0.3) is 5.91 Å². The number of hydrogen-bond acceptors (Lipinski definition) is 4. The van der Waals surface area contributed by atoms with E-state index in [1.54, 1.807) is 39.0 Å². The number of Topliss-reactive ketones (excluding diaryl/α,β-unsaturated/α-hetero) is 2. The Morgan fingerprint density at radius 1 is 0.875 bits per heavy atom. The van der Waals surface area contributed by atoms with Crippen LogP contribution in [0.1, 0.15) is 49.5 Å². The molecule has 0 saturated heterocycles. The first kappa shape index (κ1) is 23.2. The average molecular weight is 432 g/mol. The van der Waals surface area contributed by atoms with E-state index in [1.807, 2.05) is 30.3 Å². The average Bonchev–Trinajstić information content (AvgIpc) is 2.80. The second-order valence-corrected chi connectivity index (χ2v) is 8.25. The number of rotatable bonds is 8. The lowest BCUT2D eigenvalue weighted by Crippen LogP contribution is -2.28. The van der Waals surface area contributed by atoms with Gasteiger partial charge in [0.2, 0.25) is 0 Å². The van der Waals surface area contributed by atoms with E-state index in [0.29, 0.717) is 48.1 Å². The molecule has 2 aromatic rings. The van der Waals surface area contributed by atoms with Crippen molar-refractivity contribution < 1.29 is 19.5 Å². The molecule has 3 rings (SSSR count). The van der Waals surface area contributed by atoms with E-state index < -0.39 is 0 Å². The number of nitrogens with one attached hydrogen (secondary N) is 1. The molecule has 0 heterocycles. The summed E-state index contributed by atoms with van der Waals surface area (Å²) in [6.07, 6.45) is 1.93. The van der Waals surface area contributed by atoms with E-state index in [4.69, 9.17) is 0 Å². The number of ketones is 2. The molecule has 5 heteroatoms. The third kappa shape index (κ3) is 5.05. The van der Waals surface area contributed by atoms with Crippen LogP contribution in [0, 0.1) is 5.92 Å². The summed E-state index contributed by atoms with van der Waals surface area (Å²) in [5.74, 6) is -0.645. The summed E-state index contributed by atoms with van der Waals surface area (Å²) < 4.78 is 0. The number of allylic oxidation sites excluding steroid dienone is 4. The minimum Gasteiger partial charge on any atom is -0.507 e. The number of carbonyl (C=O) groups is 3. The molecule has 0 bridgehead atoms. The van der Waals surface area contributed by atoms with Crippen LogP contribution in [-0.2, 0) is 16.0 Å². The Morgan fingerprint density at radius 3 is 2.19 bits per heavy atom. The maximum absolute atomic E-state index is 13.1. The van der Waals surface area contributed by atoms with Crippen molar-refractivity contribution >= 4 is 17.5 Å². The van der Waals surface area contributed by atoms with Gasteiger partial charge >= 0.3 is 0 Å². The first-order valence-corrected chi connectivity index (χ1v) is 10.9. The van der Waals surface area contributed by atoms with E-state index in [-0.39, 0.29) is 34.7 Å². The van der Waals surface area contributed by atoms with Crippen LogP contribution in [0.2, 0.25) is 0 Å². The van der Waals surface area contributed by atoms with E-state index in [9.17, 15) is 19.5 Å². The Hall–Kier alpha value is -3.47. The van der Waals surface area contributed by atoms with Crippen molar-refractivity contribution in [1.82, 2.24) is 5.32 Å². The molecule has 0 spiro atoms. The van der Waals surface area contributed by atoms with Gasteiger partial charge in [-0.25, -0.2) is 0 Å². The number of phenolic OH excluding ortho intramolecular Hbond substituents is 1. The summed E-state index contributed by atoms with van der Waals surface area (Å²) in [6.45, 7) is 5.56. The Bertz CT molecular complexity index is 1100. The molecule has 1 amide bonds. The van der Waals surface area contributed by atoms with E-state index in [0.717, 1.165) is 5.56 Å². The van der Waals surface area contributed by atoms with Crippen LogP contribution in [0.4, 0.5) is 0 Å². The molecular formula is C27H29NO4. The van der Waals surface area contributed by atoms with Gasteiger partial charge in [-0.1, -0.05) is 42.5 Å². The molecule has 0 saturated carbocycles. The van der Waals surface area contributed by atoms with Gasteiger partial charge in [0.05, 0.1) is 5.56 Å². The second kappa shape index (κ2) is 10.2. The topological polar surface area (TPSA) is 83.5 Å². The maximum atomic E-state index is 13.1. The van der Waals surface area contributed by atoms with Crippen LogP contribution >= 0.6 is 0 Å². The molecule has 1 atom stereocenters. The second-order valence-electron chi connectivity index (χ2n) is 8.25. The van der Waals surface area contributed by atoms with Gasteiger partial charge in [-0.3, -0.25) is 14.4 Å². The van der Waals surface area contributed by atoms with Gasteiger partial charge in [-0.05, 0) is 63.6 Å². The fourth-order valence-electron chi connectivity index (χ4n) is 4.17. The highest BCUT2D eigenvalue weighted by molar-refractivity contribution is 6.24. The molecule has 5 nitrogen and oxygen atoms in total. The van der Waals surface area contributed by atoms with Gasteiger partial charge in [-0.2, -0.15) is 0 Å². The van der Waals surface area contributed by atoms with Gasteiger partial charge in [0.1, 0.15) is 5.75 Å². The van der Waals surface area contributed by atoms with E-state index in [1.165, 1.54) is 6.07 Å². The molecule has 2 N–H and O–H groups in total. The summed E-state index contributed by atoms with van der Waals surface area (Å²) >= 11 is 0. The third-order valence-corrected chi connectivity index (χ3v) is 6.13. The van der Waals surface area contributed by atoms with Crippen molar-refractivity contribution in [3.8, 4) is 5.75 Å². The summed E-state index contributed by atoms with van der Waals surface area (Å²) in [7, 11) is 0. The molecule has 166 valence electrons. The highest BCUT2D eigenvalue weighted by Crippen LogP contribution is 2.33. The van der Waals surface area contributed by atoms with Gasteiger partial charge in [0.15, 0.2) is 11.6 Å². The van der Waals surface area contributed by atoms with Crippen LogP contribution in [-0.4, -0.2) is 29.1 Å². The zero-order valence-electron chi connectivity index (χ0n) is 18.8. The Kier molecular flexibility index (Phi) is 7.41. The van der Waals surface area contributed by atoms with Crippen molar-refractivity contribution in [2.24, 2.45) is 5.92 Å². The molecule has 1 aliphatic carbocycles. The molecule has 32 heavy (non-hydrogen) atoms. The van der Waals surface area contributed by atoms with Crippen molar-refractivity contribution in [2.45, 2.75) is 40.0 Å². The number of amides is 1. The molecule has 0 fully saturated rings. The van der Waals surface area contributed by atoms with Gasteiger partial charge in [0, 0.05) is 28.8 Å². The van der Waals surface area contributed by atoms with Crippen molar-refractivity contribution in [3.63, 3.8) is 0 Å². The minimum absolute atomic E-state index is 0.0567. The Balaban J connectivity index is 1.74. The minimum atomic E-state index is -0.337. The number of para-hydroxylation sites is 1. The first-order valence-electron chi connectivity index (χ1n) is 10.9. The summed E-state index contributed by atoms with van der Waals surface area (Å²) in [5.41, 5.74) is 3.48. The van der Waals surface area contributed by atoms with Crippen molar-refractivity contribution in [1.29, 1.82) is 0 Å². The number of aromatic hydroxyl groups is 1. The van der Waals surface area contributed by atoms with Crippen molar-refractivity contribution in [3.05, 3.63) is 88.0 Å². The zero-order chi connectivity index (χ0) is 23.3. The molecule has 2 aromatic carbocycles. The van der Waals surface area contributed by atoms with E-state index >= 15 is 0 Å². The number of benzene rings is 2. The fraction of sp³-hybridized carbons (Fsp3) is 0.296. The predicted octanol–water partition coefficient (Wildman–Crippen LogP) is 4.57. The standard InChI is InChI=1S/C27H29NO4/c1-17-18(2)26(31)24(19(3)25(17)30)21(16-20-10-5-4-6-11-20)12-9-15-28-27(32)22-13-7-8-14-23(22)29/h4-8,10-11,13-14,21,29H,9,12,15-16H2,1-3H3,(H,28,32). The van der Waals surface area contributed by atoms with Crippen LogP contribution in [0.5, 0.6) is 5.75 Å². The largest absolute Gasteiger partial charge is 0.507 e. The highest BCUT2D eigenvalue weighted by atomic mass is 16.3. The lowest BCUT2D eigenvalue weighted by molar-refractivity contribution is -0.116.